The quantitative estimate of drug-likeness (QED) is 0.515. The van der Waals surface area contributed by atoms with Crippen molar-refractivity contribution in [3.8, 4) is 0 Å². The number of urea groups is 1. The number of pyridine rings is 1. The van der Waals surface area contributed by atoms with Crippen molar-refractivity contribution in [2.24, 2.45) is 0 Å². The summed E-state index contributed by atoms with van der Waals surface area (Å²) in [6.45, 7) is 1.06. The number of hydrogen-bond donors (Lipinski definition) is 2. The van der Waals surface area contributed by atoms with Crippen molar-refractivity contribution < 1.29 is 9.72 Å². The van der Waals surface area contributed by atoms with Crippen molar-refractivity contribution >= 4 is 28.9 Å². The molecule has 0 saturated carbocycles. The number of aromatic nitrogens is 1. The maximum Gasteiger partial charge on any atom is 0.323 e. The van der Waals surface area contributed by atoms with Crippen LogP contribution in [0.4, 0.5) is 27.7 Å². The third-order valence-electron chi connectivity index (χ3n) is 4.81. The van der Waals surface area contributed by atoms with Crippen LogP contribution in [-0.4, -0.2) is 22.5 Å². The molecule has 2 heterocycles. The first-order chi connectivity index (χ1) is 14.1. The van der Waals surface area contributed by atoms with Crippen molar-refractivity contribution in [2.75, 3.05) is 22.1 Å². The third kappa shape index (κ3) is 4.01. The van der Waals surface area contributed by atoms with Gasteiger partial charge in [-0.05, 0) is 41.8 Å². The largest absolute Gasteiger partial charge is 0.346 e. The first-order valence-corrected chi connectivity index (χ1v) is 9.20. The fraction of sp³-hybridized carbons (Fsp3) is 0.143. The van der Waals surface area contributed by atoms with Gasteiger partial charge in [0, 0.05) is 36.7 Å². The van der Waals surface area contributed by atoms with E-state index >= 15 is 0 Å². The highest BCUT2D eigenvalue weighted by Gasteiger charge is 2.25. The molecule has 1 aliphatic heterocycles. The number of para-hydroxylation sites is 1. The highest BCUT2D eigenvalue weighted by atomic mass is 16.6. The lowest BCUT2D eigenvalue weighted by atomic mass is 9.97. The van der Waals surface area contributed by atoms with Crippen LogP contribution in [-0.2, 0) is 13.0 Å². The van der Waals surface area contributed by atoms with Crippen molar-refractivity contribution in [3.05, 3.63) is 88.1 Å². The number of anilines is 3. The normalized spacial score (nSPS) is 12.8. The third-order valence-corrected chi connectivity index (χ3v) is 4.81. The summed E-state index contributed by atoms with van der Waals surface area (Å²) < 4.78 is 0. The molecule has 1 aromatic heterocycles. The summed E-state index contributed by atoms with van der Waals surface area (Å²) in [5, 5.41) is 17.0. The lowest BCUT2D eigenvalue weighted by molar-refractivity contribution is -0.384. The highest BCUT2D eigenvalue weighted by molar-refractivity contribution is 6.00. The van der Waals surface area contributed by atoms with Gasteiger partial charge in [-0.2, -0.15) is 0 Å². The molecule has 2 aromatic carbocycles. The Bertz CT molecular complexity index is 1060. The van der Waals surface area contributed by atoms with E-state index < -0.39 is 4.92 Å². The Hall–Kier alpha value is -3.94. The maximum atomic E-state index is 12.4. The number of fused-ring (bicyclic) bond motifs is 1. The van der Waals surface area contributed by atoms with Gasteiger partial charge in [-0.15, -0.1) is 0 Å². The standard InChI is InChI=1S/C21H19N5O3/c27-21(23-16-7-2-1-3-8-16)24-18-9-4-6-15-14-25(13-11-17(15)18)20-19(26(28)29)10-5-12-22-20/h1-10,12H,11,13-14H2,(H2,23,24,27). The summed E-state index contributed by atoms with van der Waals surface area (Å²) in [6.07, 6.45) is 2.20. The van der Waals surface area contributed by atoms with Gasteiger partial charge < -0.3 is 15.5 Å². The molecule has 8 heteroatoms. The molecular weight excluding hydrogens is 370 g/mol. The minimum absolute atomic E-state index is 0.00697. The highest BCUT2D eigenvalue weighted by Crippen LogP contribution is 2.32. The SMILES string of the molecule is O=C(Nc1ccccc1)Nc1cccc2c1CCN(c1ncccc1[N+](=O)[O-])C2. The van der Waals surface area contributed by atoms with E-state index in [1.807, 2.05) is 53.4 Å². The van der Waals surface area contributed by atoms with Crippen LogP contribution in [0, 0.1) is 10.1 Å². The molecule has 8 nitrogen and oxygen atoms in total. The van der Waals surface area contributed by atoms with Crippen LogP contribution in [0.15, 0.2) is 66.9 Å². The summed E-state index contributed by atoms with van der Waals surface area (Å²) in [7, 11) is 0. The summed E-state index contributed by atoms with van der Waals surface area (Å²) in [6, 6.07) is 17.6. The van der Waals surface area contributed by atoms with Crippen molar-refractivity contribution in [1.82, 2.24) is 4.98 Å². The molecule has 146 valence electrons. The molecule has 0 unspecified atom stereocenters. The minimum atomic E-state index is -0.413. The van der Waals surface area contributed by atoms with Gasteiger partial charge in [0.05, 0.1) is 4.92 Å². The summed E-state index contributed by atoms with van der Waals surface area (Å²) >= 11 is 0. The average Bonchev–Trinajstić information content (AvgIpc) is 2.74. The van der Waals surface area contributed by atoms with Gasteiger partial charge in [-0.3, -0.25) is 10.1 Å². The number of nitrogens with zero attached hydrogens (tertiary/aromatic N) is 3. The number of hydrogen-bond acceptors (Lipinski definition) is 5. The van der Waals surface area contributed by atoms with E-state index in [0.717, 1.165) is 16.8 Å². The lowest BCUT2D eigenvalue weighted by Gasteiger charge is -2.30. The second-order valence-electron chi connectivity index (χ2n) is 6.66. The number of carbonyl (C=O) groups is 1. The lowest BCUT2D eigenvalue weighted by Crippen LogP contribution is -2.32. The molecule has 1 aliphatic rings. The zero-order valence-electron chi connectivity index (χ0n) is 15.5. The number of carbonyl (C=O) groups excluding carboxylic acids is 1. The monoisotopic (exact) mass is 389 g/mol. The number of benzene rings is 2. The van der Waals surface area contributed by atoms with E-state index in [2.05, 4.69) is 15.6 Å². The molecule has 0 saturated heterocycles. The number of nitro groups is 1. The van der Waals surface area contributed by atoms with Gasteiger partial charge in [0.15, 0.2) is 0 Å². The zero-order chi connectivity index (χ0) is 20.2. The average molecular weight is 389 g/mol. The Kier molecular flexibility index (Phi) is 5.07. The minimum Gasteiger partial charge on any atom is -0.346 e. The van der Waals surface area contributed by atoms with E-state index in [0.29, 0.717) is 31.0 Å². The molecule has 0 bridgehead atoms. The zero-order valence-corrected chi connectivity index (χ0v) is 15.5. The topological polar surface area (TPSA) is 100 Å². The second-order valence-corrected chi connectivity index (χ2v) is 6.66. The Morgan fingerprint density at radius 2 is 1.86 bits per heavy atom. The second kappa shape index (κ2) is 7.97. The smallest absolute Gasteiger partial charge is 0.323 e. The molecule has 3 aromatic rings. The van der Waals surface area contributed by atoms with Gasteiger partial charge in [0.2, 0.25) is 5.82 Å². The van der Waals surface area contributed by atoms with E-state index in [-0.39, 0.29) is 11.7 Å². The number of nitrogens with one attached hydrogen (secondary N) is 2. The van der Waals surface area contributed by atoms with Crippen LogP contribution in [0.1, 0.15) is 11.1 Å². The van der Waals surface area contributed by atoms with Crippen LogP contribution >= 0.6 is 0 Å². The predicted molar refractivity (Wildman–Crippen MR) is 111 cm³/mol. The Morgan fingerprint density at radius 3 is 2.66 bits per heavy atom. The first-order valence-electron chi connectivity index (χ1n) is 9.20. The molecule has 0 atom stereocenters. The first kappa shape index (κ1) is 18.4. The van der Waals surface area contributed by atoms with Crippen LogP contribution in [0.2, 0.25) is 0 Å². The number of amides is 2. The molecule has 0 fully saturated rings. The molecule has 0 aliphatic carbocycles. The van der Waals surface area contributed by atoms with Gasteiger partial charge in [-0.1, -0.05) is 30.3 Å². The Morgan fingerprint density at radius 1 is 1.03 bits per heavy atom. The molecular formula is C21H19N5O3. The van der Waals surface area contributed by atoms with Crippen LogP contribution < -0.4 is 15.5 Å². The van der Waals surface area contributed by atoms with Gasteiger partial charge >= 0.3 is 11.7 Å². The Balaban J connectivity index is 1.53. The molecule has 0 radical (unpaired) electrons. The van der Waals surface area contributed by atoms with Crippen molar-refractivity contribution in [3.63, 3.8) is 0 Å². The molecule has 29 heavy (non-hydrogen) atoms. The molecule has 2 amide bonds. The van der Waals surface area contributed by atoms with Crippen LogP contribution in [0.5, 0.6) is 0 Å². The maximum absolute atomic E-state index is 12.4. The predicted octanol–water partition coefficient (Wildman–Crippen LogP) is 4.20. The van der Waals surface area contributed by atoms with Crippen molar-refractivity contribution in [2.45, 2.75) is 13.0 Å². The fourth-order valence-electron chi connectivity index (χ4n) is 3.49. The Labute approximate surface area is 167 Å². The van der Waals surface area contributed by atoms with E-state index in [9.17, 15) is 14.9 Å². The van der Waals surface area contributed by atoms with Gasteiger partial charge in [-0.25, -0.2) is 9.78 Å². The van der Waals surface area contributed by atoms with E-state index in [4.69, 9.17) is 0 Å². The number of rotatable bonds is 4. The van der Waals surface area contributed by atoms with Gasteiger partial charge in [0.25, 0.3) is 0 Å². The molecule has 4 rings (SSSR count). The summed E-state index contributed by atoms with van der Waals surface area (Å²) in [5.41, 5.74) is 3.49. The van der Waals surface area contributed by atoms with Gasteiger partial charge in [0.1, 0.15) is 0 Å². The van der Waals surface area contributed by atoms with Crippen molar-refractivity contribution in [1.29, 1.82) is 0 Å². The summed E-state index contributed by atoms with van der Waals surface area (Å²) in [5.74, 6) is 0.364. The van der Waals surface area contributed by atoms with E-state index in [1.54, 1.807) is 12.3 Å². The summed E-state index contributed by atoms with van der Waals surface area (Å²) in [4.78, 5) is 29.4. The van der Waals surface area contributed by atoms with E-state index in [1.165, 1.54) is 6.07 Å². The molecule has 0 spiro atoms. The molecule has 2 N–H and O–H groups in total. The van der Waals surface area contributed by atoms with Crippen LogP contribution in [0.3, 0.4) is 0 Å². The van der Waals surface area contributed by atoms with Crippen LogP contribution in [0.25, 0.3) is 0 Å². The fourth-order valence-corrected chi connectivity index (χ4v) is 3.49.